The highest BCUT2D eigenvalue weighted by Crippen LogP contribution is 2.22. The Hall–Kier alpha value is -1.67. The van der Waals surface area contributed by atoms with Gasteiger partial charge in [0.2, 0.25) is 0 Å². The second kappa shape index (κ2) is 5.32. The minimum atomic E-state index is 0.902. The lowest BCUT2D eigenvalue weighted by Crippen LogP contribution is -2.12. The van der Waals surface area contributed by atoms with Crippen LogP contribution in [0.25, 0.3) is 0 Å². The fraction of sp³-hybridized carbons (Fsp3) is 0.312. The van der Waals surface area contributed by atoms with Gasteiger partial charge in [-0.3, -0.25) is 4.98 Å². The van der Waals surface area contributed by atoms with Gasteiger partial charge in [-0.25, -0.2) is 0 Å². The Morgan fingerprint density at radius 2 is 1.67 bits per heavy atom. The number of hydrogen-bond donors (Lipinski definition) is 1. The lowest BCUT2D eigenvalue weighted by Gasteiger charge is -2.07. The van der Waals surface area contributed by atoms with Crippen LogP contribution < -0.4 is 5.32 Å². The molecule has 1 heterocycles. The Kier molecular flexibility index (Phi) is 3.37. The van der Waals surface area contributed by atoms with Crippen molar-refractivity contribution in [1.82, 2.24) is 10.3 Å². The maximum Gasteiger partial charge on any atom is 0.0271 e. The van der Waals surface area contributed by atoms with Crippen molar-refractivity contribution in [1.29, 1.82) is 0 Å². The molecule has 0 unspecified atom stereocenters. The van der Waals surface area contributed by atoms with Crippen LogP contribution in [0.1, 0.15) is 28.7 Å². The fourth-order valence-corrected chi connectivity index (χ4v) is 2.59. The van der Waals surface area contributed by atoms with Crippen molar-refractivity contribution in [2.45, 2.75) is 32.4 Å². The second-order valence-corrected chi connectivity index (χ2v) is 4.92. The summed E-state index contributed by atoms with van der Waals surface area (Å²) >= 11 is 0. The number of aromatic nitrogens is 1. The molecular weight excluding hydrogens is 220 g/mol. The summed E-state index contributed by atoms with van der Waals surface area (Å²) in [7, 11) is 0. The lowest BCUT2D eigenvalue weighted by atomic mass is 10.1. The van der Waals surface area contributed by atoms with E-state index in [1.54, 1.807) is 11.1 Å². The van der Waals surface area contributed by atoms with Gasteiger partial charge in [0.1, 0.15) is 0 Å². The number of fused-ring (bicyclic) bond motifs is 1. The van der Waals surface area contributed by atoms with Crippen LogP contribution in [-0.2, 0) is 25.9 Å². The van der Waals surface area contributed by atoms with Crippen molar-refractivity contribution >= 4 is 0 Å². The molecule has 1 aliphatic carbocycles. The van der Waals surface area contributed by atoms with Crippen LogP contribution in [0.2, 0.25) is 0 Å². The zero-order valence-electron chi connectivity index (χ0n) is 10.5. The van der Waals surface area contributed by atoms with Gasteiger partial charge in [0, 0.05) is 25.5 Å². The average molecular weight is 238 g/mol. The maximum atomic E-state index is 4.02. The molecule has 1 aliphatic rings. The molecule has 18 heavy (non-hydrogen) atoms. The summed E-state index contributed by atoms with van der Waals surface area (Å²) in [6, 6.07) is 11.0. The molecule has 3 rings (SSSR count). The minimum Gasteiger partial charge on any atom is -0.309 e. The smallest absolute Gasteiger partial charge is 0.0271 e. The summed E-state index contributed by atoms with van der Waals surface area (Å²) in [6.07, 6.45) is 7.52. The second-order valence-electron chi connectivity index (χ2n) is 4.92. The van der Waals surface area contributed by atoms with Crippen LogP contribution in [0.4, 0.5) is 0 Å². The van der Waals surface area contributed by atoms with Gasteiger partial charge in [-0.2, -0.15) is 0 Å². The number of pyridine rings is 1. The standard InChI is InChI=1S/C16H18N2/c1-2-15-5-4-14(10-16(15)3-1)12-18-11-13-6-8-17-9-7-13/h4-10,18H,1-3,11-12H2. The quantitative estimate of drug-likeness (QED) is 0.886. The minimum absolute atomic E-state index is 0.902. The molecule has 0 saturated heterocycles. The van der Waals surface area contributed by atoms with E-state index in [1.165, 1.54) is 30.4 Å². The molecule has 0 amide bonds. The van der Waals surface area contributed by atoms with Crippen molar-refractivity contribution < 1.29 is 0 Å². The Labute approximate surface area is 108 Å². The van der Waals surface area contributed by atoms with Crippen LogP contribution in [0.3, 0.4) is 0 Å². The van der Waals surface area contributed by atoms with Crippen molar-refractivity contribution in [2.24, 2.45) is 0 Å². The van der Waals surface area contributed by atoms with Crippen molar-refractivity contribution in [3.8, 4) is 0 Å². The van der Waals surface area contributed by atoms with Gasteiger partial charge >= 0.3 is 0 Å². The first kappa shape index (κ1) is 11.4. The van der Waals surface area contributed by atoms with Gasteiger partial charge in [-0.15, -0.1) is 0 Å². The SMILES string of the molecule is c1cc(CNCc2ccc3c(c2)CCC3)ccn1. The molecule has 1 N–H and O–H groups in total. The van der Waals surface area contributed by atoms with Crippen molar-refractivity contribution in [3.63, 3.8) is 0 Å². The van der Waals surface area contributed by atoms with Gasteiger partial charge < -0.3 is 5.32 Å². The highest BCUT2D eigenvalue weighted by molar-refractivity contribution is 5.35. The molecule has 0 saturated carbocycles. The topological polar surface area (TPSA) is 24.9 Å². The normalized spacial score (nSPS) is 13.6. The summed E-state index contributed by atoms with van der Waals surface area (Å²) in [5.41, 5.74) is 5.78. The van der Waals surface area contributed by atoms with Crippen LogP contribution in [-0.4, -0.2) is 4.98 Å². The molecule has 1 aromatic carbocycles. The number of aryl methyl sites for hydroxylation is 2. The van der Waals surface area contributed by atoms with Crippen LogP contribution in [0, 0.1) is 0 Å². The summed E-state index contributed by atoms with van der Waals surface area (Å²) in [4.78, 5) is 4.02. The molecule has 1 aromatic heterocycles. The third kappa shape index (κ3) is 2.59. The number of rotatable bonds is 4. The van der Waals surface area contributed by atoms with Crippen molar-refractivity contribution in [2.75, 3.05) is 0 Å². The van der Waals surface area contributed by atoms with E-state index >= 15 is 0 Å². The van der Waals surface area contributed by atoms with E-state index < -0.39 is 0 Å². The van der Waals surface area contributed by atoms with E-state index in [9.17, 15) is 0 Å². The third-order valence-corrected chi connectivity index (χ3v) is 3.57. The maximum absolute atomic E-state index is 4.02. The van der Waals surface area contributed by atoms with E-state index in [1.807, 2.05) is 12.4 Å². The van der Waals surface area contributed by atoms with E-state index in [-0.39, 0.29) is 0 Å². The molecule has 0 bridgehead atoms. The molecule has 2 aromatic rings. The van der Waals surface area contributed by atoms with E-state index in [0.717, 1.165) is 13.1 Å². The van der Waals surface area contributed by atoms with Gasteiger partial charge in [0.25, 0.3) is 0 Å². The molecule has 2 nitrogen and oxygen atoms in total. The lowest BCUT2D eigenvalue weighted by molar-refractivity contribution is 0.692. The number of benzene rings is 1. The van der Waals surface area contributed by atoms with Crippen LogP contribution >= 0.6 is 0 Å². The summed E-state index contributed by atoms with van der Waals surface area (Å²) in [5.74, 6) is 0. The van der Waals surface area contributed by atoms with Gasteiger partial charge in [0.05, 0.1) is 0 Å². The van der Waals surface area contributed by atoms with Gasteiger partial charge in [0.15, 0.2) is 0 Å². The Morgan fingerprint density at radius 3 is 2.56 bits per heavy atom. The van der Waals surface area contributed by atoms with E-state index in [2.05, 4.69) is 40.6 Å². The Morgan fingerprint density at radius 1 is 0.889 bits per heavy atom. The molecule has 0 aliphatic heterocycles. The fourth-order valence-electron chi connectivity index (χ4n) is 2.59. The summed E-state index contributed by atoms with van der Waals surface area (Å²) in [6.45, 7) is 1.84. The highest BCUT2D eigenvalue weighted by Gasteiger charge is 2.10. The largest absolute Gasteiger partial charge is 0.309 e. The molecular formula is C16H18N2. The van der Waals surface area contributed by atoms with Gasteiger partial charge in [-0.1, -0.05) is 18.2 Å². The Balaban J connectivity index is 1.57. The molecule has 0 atom stereocenters. The predicted molar refractivity (Wildman–Crippen MR) is 73.2 cm³/mol. The third-order valence-electron chi connectivity index (χ3n) is 3.57. The first-order valence-corrected chi connectivity index (χ1v) is 6.62. The van der Waals surface area contributed by atoms with Gasteiger partial charge in [-0.05, 0) is 53.6 Å². The predicted octanol–water partition coefficient (Wildman–Crippen LogP) is 2.86. The first-order valence-electron chi connectivity index (χ1n) is 6.62. The van der Waals surface area contributed by atoms with Crippen LogP contribution in [0.15, 0.2) is 42.7 Å². The number of hydrogen-bond acceptors (Lipinski definition) is 2. The molecule has 2 heteroatoms. The van der Waals surface area contributed by atoms with Crippen molar-refractivity contribution in [3.05, 3.63) is 65.0 Å². The zero-order chi connectivity index (χ0) is 12.2. The first-order chi connectivity index (χ1) is 8.92. The van der Waals surface area contributed by atoms with Crippen LogP contribution in [0.5, 0.6) is 0 Å². The summed E-state index contributed by atoms with van der Waals surface area (Å²) < 4.78 is 0. The zero-order valence-corrected chi connectivity index (χ0v) is 10.5. The average Bonchev–Trinajstić information content (AvgIpc) is 2.87. The summed E-state index contributed by atoms with van der Waals surface area (Å²) in [5, 5.41) is 3.48. The monoisotopic (exact) mass is 238 g/mol. The molecule has 0 spiro atoms. The van der Waals surface area contributed by atoms with E-state index in [4.69, 9.17) is 0 Å². The molecule has 0 radical (unpaired) electrons. The highest BCUT2D eigenvalue weighted by atomic mass is 14.8. The number of nitrogens with one attached hydrogen (secondary N) is 1. The molecule has 92 valence electrons. The Bertz CT molecular complexity index is 520. The van der Waals surface area contributed by atoms with E-state index in [0.29, 0.717) is 0 Å². The number of nitrogens with zero attached hydrogens (tertiary/aromatic N) is 1. The molecule has 0 fully saturated rings.